The summed E-state index contributed by atoms with van der Waals surface area (Å²) in [6.07, 6.45) is 0. The molecule has 0 saturated carbocycles. The Labute approximate surface area is 182 Å². The van der Waals surface area contributed by atoms with Crippen LogP contribution in [-0.4, -0.2) is 46.6 Å². The number of nitro benzene ring substituents is 1. The van der Waals surface area contributed by atoms with E-state index in [2.05, 4.69) is 20.8 Å². The third-order valence-electron chi connectivity index (χ3n) is 4.58. The molecule has 0 aliphatic heterocycles. The maximum Gasteiger partial charge on any atom is 0.316 e. The number of hydrogen-bond acceptors (Lipinski definition) is 8. The van der Waals surface area contributed by atoms with Gasteiger partial charge >= 0.3 is 11.8 Å². The topological polar surface area (TPSA) is 149 Å². The summed E-state index contributed by atoms with van der Waals surface area (Å²) in [5, 5.41) is 19.7. The molecule has 0 aliphatic carbocycles. The summed E-state index contributed by atoms with van der Waals surface area (Å²) >= 11 is 0. The number of nitrogens with zero attached hydrogens (tertiary/aromatic N) is 3. The number of nitrogens with one attached hydrogen (secondary N) is 2. The quantitative estimate of drug-likeness (QED) is 0.293. The number of amides is 2. The van der Waals surface area contributed by atoms with E-state index in [-0.39, 0.29) is 43.0 Å². The van der Waals surface area contributed by atoms with E-state index >= 15 is 0 Å². The van der Waals surface area contributed by atoms with Crippen LogP contribution in [0.4, 0.5) is 5.69 Å². The van der Waals surface area contributed by atoms with Gasteiger partial charge in [0.15, 0.2) is 6.61 Å². The number of benzene rings is 2. The average molecular weight is 439 g/mol. The lowest BCUT2D eigenvalue weighted by Gasteiger charge is -2.11. The van der Waals surface area contributed by atoms with Gasteiger partial charge in [-0.2, -0.15) is 4.98 Å². The highest BCUT2D eigenvalue weighted by atomic mass is 16.6. The zero-order valence-corrected chi connectivity index (χ0v) is 17.5. The van der Waals surface area contributed by atoms with Crippen molar-refractivity contribution in [3.63, 3.8) is 0 Å². The predicted octanol–water partition coefficient (Wildman–Crippen LogP) is 2.19. The molecule has 0 unspecified atom stereocenters. The molecule has 0 radical (unpaired) electrons. The van der Waals surface area contributed by atoms with Gasteiger partial charge in [0.25, 0.3) is 11.6 Å². The Bertz CT molecular complexity index is 1140. The van der Waals surface area contributed by atoms with Crippen LogP contribution in [0.25, 0.3) is 11.4 Å². The normalized spacial score (nSPS) is 10.4. The number of hydrogen-bond donors (Lipinski definition) is 2. The molecule has 0 spiro atoms. The first-order valence-corrected chi connectivity index (χ1v) is 9.67. The van der Waals surface area contributed by atoms with Gasteiger partial charge in [-0.25, -0.2) is 0 Å². The second-order valence-corrected chi connectivity index (χ2v) is 6.82. The zero-order valence-electron chi connectivity index (χ0n) is 17.5. The second-order valence-electron chi connectivity index (χ2n) is 6.82. The van der Waals surface area contributed by atoms with Gasteiger partial charge in [0.1, 0.15) is 5.75 Å². The Morgan fingerprint density at radius 2 is 1.88 bits per heavy atom. The molecule has 3 rings (SSSR count). The Morgan fingerprint density at radius 1 is 1.12 bits per heavy atom. The van der Waals surface area contributed by atoms with Gasteiger partial charge < -0.3 is 19.9 Å². The van der Waals surface area contributed by atoms with Crippen molar-refractivity contribution >= 4 is 17.5 Å². The summed E-state index contributed by atoms with van der Waals surface area (Å²) in [5.41, 5.74) is 2.26. The lowest BCUT2D eigenvalue weighted by molar-refractivity contribution is -0.384. The summed E-state index contributed by atoms with van der Waals surface area (Å²) in [5.74, 6) is -0.558. The van der Waals surface area contributed by atoms with Crippen LogP contribution in [0.15, 0.2) is 47.0 Å². The number of aryl methyl sites for hydroxylation is 1. The minimum Gasteiger partial charge on any atom is -0.483 e. The second kappa shape index (κ2) is 10.2. The van der Waals surface area contributed by atoms with Gasteiger partial charge in [0.05, 0.1) is 4.92 Å². The molecule has 1 aromatic heterocycles. The van der Waals surface area contributed by atoms with Crippen LogP contribution >= 0.6 is 0 Å². The number of rotatable bonds is 9. The molecular weight excluding hydrogens is 418 g/mol. The van der Waals surface area contributed by atoms with Crippen LogP contribution < -0.4 is 15.4 Å². The van der Waals surface area contributed by atoms with Gasteiger partial charge in [-0.1, -0.05) is 29.4 Å². The predicted molar refractivity (Wildman–Crippen MR) is 113 cm³/mol. The SMILES string of the molecule is Cc1cccc(OCC(=O)NCCNC(=O)c2nc(-c3cccc([N+](=O)[O-])c3)no2)c1C. The summed E-state index contributed by atoms with van der Waals surface area (Å²) in [4.78, 5) is 38.3. The summed E-state index contributed by atoms with van der Waals surface area (Å²) < 4.78 is 10.4. The molecule has 1 heterocycles. The molecule has 2 aromatic carbocycles. The Balaban J connectivity index is 1.43. The van der Waals surface area contributed by atoms with Gasteiger partial charge in [-0.15, -0.1) is 0 Å². The molecule has 11 nitrogen and oxygen atoms in total. The number of aromatic nitrogens is 2. The Morgan fingerprint density at radius 3 is 2.66 bits per heavy atom. The first kappa shape index (κ1) is 22.4. The number of carbonyl (C=O) groups is 2. The van der Waals surface area contributed by atoms with E-state index in [1.54, 1.807) is 12.1 Å². The zero-order chi connectivity index (χ0) is 23.1. The minimum absolute atomic E-state index is 0.0516. The van der Waals surface area contributed by atoms with E-state index in [9.17, 15) is 19.7 Å². The van der Waals surface area contributed by atoms with Crippen LogP contribution in [0.3, 0.4) is 0 Å². The third kappa shape index (κ3) is 5.65. The lowest BCUT2D eigenvalue weighted by atomic mass is 10.1. The van der Waals surface area contributed by atoms with Crippen LogP contribution in [0.2, 0.25) is 0 Å². The molecule has 0 saturated heterocycles. The Kier molecular flexibility index (Phi) is 7.11. The fraction of sp³-hybridized carbons (Fsp3) is 0.238. The van der Waals surface area contributed by atoms with E-state index < -0.39 is 10.8 Å². The van der Waals surface area contributed by atoms with Crippen molar-refractivity contribution in [3.05, 3.63) is 69.6 Å². The largest absolute Gasteiger partial charge is 0.483 e. The van der Waals surface area contributed by atoms with Gasteiger partial charge in [-0.3, -0.25) is 19.7 Å². The molecule has 0 atom stereocenters. The number of ether oxygens (including phenoxy) is 1. The van der Waals surface area contributed by atoms with Crippen molar-refractivity contribution < 1.29 is 23.8 Å². The van der Waals surface area contributed by atoms with Gasteiger partial charge in [-0.05, 0) is 31.0 Å². The first-order chi connectivity index (χ1) is 15.3. The molecule has 0 bridgehead atoms. The summed E-state index contributed by atoms with van der Waals surface area (Å²) in [6, 6.07) is 11.3. The van der Waals surface area contributed by atoms with Gasteiger partial charge in [0, 0.05) is 30.8 Å². The van der Waals surface area contributed by atoms with Crippen molar-refractivity contribution in [3.8, 4) is 17.1 Å². The smallest absolute Gasteiger partial charge is 0.316 e. The maximum absolute atomic E-state index is 12.1. The summed E-state index contributed by atoms with van der Waals surface area (Å²) in [6.45, 7) is 4.03. The van der Waals surface area contributed by atoms with Crippen LogP contribution in [0, 0.1) is 24.0 Å². The van der Waals surface area contributed by atoms with Gasteiger partial charge in [0.2, 0.25) is 5.82 Å². The monoisotopic (exact) mass is 439 g/mol. The summed E-state index contributed by atoms with van der Waals surface area (Å²) in [7, 11) is 0. The number of non-ortho nitro benzene ring substituents is 1. The minimum atomic E-state index is -0.630. The molecule has 0 fully saturated rings. The highest BCUT2D eigenvalue weighted by molar-refractivity contribution is 5.90. The molecule has 32 heavy (non-hydrogen) atoms. The number of nitro groups is 1. The third-order valence-corrected chi connectivity index (χ3v) is 4.58. The molecule has 0 aliphatic rings. The fourth-order valence-electron chi connectivity index (χ4n) is 2.72. The van der Waals surface area contributed by atoms with Crippen molar-refractivity contribution in [2.24, 2.45) is 0 Å². The fourth-order valence-corrected chi connectivity index (χ4v) is 2.72. The molecule has 166 valence electrons. The highest BCUT2D eigenvalue weighted by Crippen LogP contribution is 2.21. The average Bonchev–Trinajstić information content (AvgIpc) is 3.28. The molecule has 11 heteroatoms. The van der Waals surface area contributed by atoms with E-state index in [4.69, 9.17) is 9.26 Å². The lowest BCUT2D eigenvalue weighted by Crippen LogP contribution is -2.36. The van der Waals surface area contributed by atoms with E-state index in [0.717, 1.165) is 11.1 Å². The van der Waals surface area contributed by atoms with Crippen LogP contribution in [0.5, 0.6) is 5.75 Å². The van der Waals surface area contributed by atoms with E-state index in [0.29, 0.717) is 11.3 Å². The Hall–Kier alpha value is -4.28. The molecule has 2 N–H and O–H groups in total. The van der Waals surface area contributed by atoms with Crippen molar-refractivity contribution in [2.45, 2.75) is 13.8 Å². The molecular formula is C21H21N5O6. The number of carbonyl (C=O) groups excluding carboxylic acids is 2. The van der Waals surface area contributed by atoms with Crippen molar-refractivity contribution in [2.75, 3.05) is 19.7 Å². The molecule has 2 amide bonds. The van der Waals surface area contributed by atoms with Crippen LogP contribution in [0.1, 0.15) is 21.8 Å². The van der Waals surface area contributed by atoms with Crippen molar-refractivity contribution in [1.29, 1.82) is 0 Å². The molecule has 3 aromatic rings. The van der Waals surface area contributed by atoms with Crippen molar-refractivity contribution in [1.82, 2.24) is 20.8 Å². The first-order valence-electron chi connectivity index (χ1n) is 9.67. The standard InChI is InChI=1S/C21H21N5O6/c1-13-5-3-8-17(14(13)2)31-12-18(27)22-9-10-23-20(28)21-24-19(25-32-21)15-6-4-7-16(11-15)26(29)30/h3-8,11H,9-10,12H2,1-2H3,(H,22,27)(H,23,28). The van der Waals surface area contributed by atoms with E-state index in [1.807, 2.05) is 26.0 Å². The van der Waals surface area contributed by atoms with Crippen LogP contribution in [-0.2, 0) is 4.79 Å². The maximum atomic E-state index is 12.1. The van der Waals surface area contributed by atoms with E-state index in [1.165, 1.54) is 18.2 Å². The highest BCUT2D eigenvalue weighted by Gasteiger charge is 2.17.